The number of rotatable bonds is 6. The molecule has 10 heteroatoms. The highest BCUT2D eigenvalue weighted by Crippen LogP contribution is 2.47. The molecule has 3 unspecified atom stereocenters. The van der Waals surface area contributed by atoms with Crippen molar-refractivity contribution in [1.82, 2.24) is 9.80 Å². The molecule has 2 saturated heterocycles. The van der Waals surface area contributed by atoms with Crippen molar-refractivity contribution in [1.29, 1.82) is 0 Å². The summed E-state index contributed by atoms with van der Waals surface area (Å²) in [7, 11) is 2.52. The van der Waals surface area contributed by atoms with Crippen LogP contribution in [0.2, 0.25) is 0 Å². The van der Waals surface area contributed by atoms with Gasteiger partial charge in [-0.15, -0.1) is 6.58 Å². The first-order valence-electron chi connectivity index (χ1n) is 8.50. The molecule has 3 atom stereocenters. The third-order valence-corrected chi connectivity index (χ3v) is 5.05. The van der Waals surface area contributed by atoms with E-state index in [0.29, 0.717) is 5.56 Å². The second kappa shape index (κ2) is 7.29. The summed E-state index contributed by atoms with van der Waals surface area (Å²) >= 11 is 0. The van der Waals surface area contributed by atoms with E-state index < -0.39 is 40.8 Å². The minimum atomic E-state index is -0.867. The average Bonchev–Trinajstić information content (AvgIpc) is 3.19. The number of ether oxygens (including phenoxy) is 2. The van der Waals surface area contributed by atoms with Gasteiger partial charge in [0.05, 0.1) is 31.1 Å². The fraction of sp³-hybridized carbons (Fsp3) is 0.389. The zero-order valence-electron chi connectivity index (χ0n) is 15.4. The monoisotopic (exact) mass is 389 g/mol. The molecule has 0 aromatic heterocycles. The predicted molar refractivity (Wildman–Crippen MR) is 95.4 cm³/mol. The number of nitro groups is 1. The van der Waals surface area contributed by atoms with Gasteiger partial charge in [0.15, 0.2) is 5.75 Å². The van der Waals surface area contributed by atoms with E-state index in [4.69, 9.17) is 9.47 Å². The van der Waals surface area contributed by atoms with Gasteiger partial charge in [-0.1, -0.05) is 12.1 Å². The van der Waals surface area contributed by atoms with E-state index in [1.165, 1.54) is 37.3 Å². The lowest BCUT2D eigenvalue weighted by Crippen LogP contribution is -2.37. The van der Waals surface area contributed by atoms with Crippen LogP contribution in [-0.4, -0.2) is 59.4 Å². The molecular weight excluding hydrogens is 370 g/mol. The Hall–Kier alpha value is -3.43. The van der Waals surface area contributed by atoms with Crippen LogP contribution < -0.4 is 4.74 Å². The number of nitrogens with zero attached hydrogens (tertiary/aromatic N) is 3. The van der Waals surface area contributed by atoms with E-state index in [1.807, 2.05) is 0 Å². The van der Waals surface area contributed by atoms with Crippen molar-refractivity contribution in [3.05, 3.63) is 46.5 Å². The minimum absolute atomic E-state index is 0.0447. The SMILES string of the molecule is C=CCN1C(=O)C2CC(C(=O)OC)C(c3ccc(OC)c([N+](=O)[O-])c3)N2C1=O. The number of amides is 3. The van der Waals surface area contributed by atoms with Crippen molar-refractivity contribution in [2.75, 3.05) is 20.8 Å². The molecular formula is C18H19N3O7. The number of hydrogen-bond acceptors (Lipinski definition) is 7. The summed E-state index contributed by atoms with van der Waals surface area (Å²) in [6, 6.07) is 1.94. The molecule has 1 aromatic carbocycles. The van der Waals surface area contributed by atoms with E-state index in [-0.39, 0.29) is 24.4 Å². The lowest BCUT2D eigenvalue weighted by atomic mass is 9.92. The molecule has 1 aromatic rings. The Morgan fingerprint density at radius 1 is 1.39 bits per heavy atom. The fourth-order valence-electron chi connectivity index (χ4n) is 3.86. The first-order chi connectivity index (χ1) is 13.3. The maximum atomic E-state index is 12.8. The van der Waals surface area contributed by atoms with Crippen LogP contribution in [0, 0.1) is 16.0 Å². The van der Waals surface area contributed by atoms with E-state index in [9.17, 15) is 24.5 Å². The molecule has 2 aliphatic rings. The van der Waals surface area contributed by atoms with Crippen LogP contribution in [0.15, 0.2) is 30.9 Å². The smallest absolute Gasteiger partial charge is 0.328 e. The molecule has 10 nitrogen and oxygen atoms in total. The topological polar surface area (TPSA) is 119 Å². The molecule has 0 spiro atoms. The van der Waals surface area contributed by atoms with E-state index in [2.05, 4.69) is 6.58 Å². The Balaban J connectivity index is 2.09. The van der Waals surface area contributed by atoms with Crippen molar-refractivity contribution >= 4 is 23.6 Å². The normalized spacial score (nSPS) is 23.6. The van der Waals surface area contributed by atoms with Gasteiger partial charge < -0.3 is 14.4 Å². The number of urea groups is 1. The zero-order valence-corrected chi connectivity index (χ0v) is 15.4. The lowest BCUT2D eigenvalue weighted by molar-refractivity contribution is -0.385. The van der Waals surface area contributed by atoms with Crippen LogP contribution in [0.4, 0.5) is 10.5 Å². The second-order valence-electron chi connectivity index (χ2n) is 6.44. The lowest BCUT2D eigenvalue weighted by Gasteiger charge is -2.26. The summed E-state index contributed by atoms with van der Waals surface area (Å²) in [6.07, 6.45) is 1.51. The summed E-state index contributed by atoms with van der Waals surface area (Å²) in [5.41, 5.74) is 0.0555. The molecule has 0 radical (unpaired) electrons. The van der Waals surface area contributed by atoms with Gasteiger partial charge in [-0.3, -0.25) is 24.6 Å². The van der Waals surface area contributed by atoms with Crippen molar-refractivity contribution in [2.24, 2.45) is 5.92 Å². The van der Waals surface area contributed by atoms with Crippen LogP contribution >= 0.6 is 0 Å². The maximum absolute atomic E-state index is 12.8. The van der Waals surface area contributed by atoms with Crippen LogP contribution in [0.25, 0.3) is 0 Å². The Kier molecular flexibility index (Phi) is 5.04. The van der Waals surface area contributed by atoms with Crippen LogP contribution in [0.1, 0.15) is 18.0 Å². The highest BCUT2D eigenvalue weighted by atomic mass is 16.6. The standard InChI is InChI=1S/C18H19N3O7/c1-4-7-19-16(22)13-9-11(17(23)28-3)15(20(13)18(19)24)10-5-6-14(27-2)12(8-10)21(25)26/h4-6,8,11,13,15H,1,7,9H2,2-3H3. The highest BCUT2D eigenvalue weighted by molar-refractivity contribution is 6.05. The summed E-state index contributed by atoms with van der Waals surface area (Å²) in [5.74, 6) is -1.78. The molecule has 3 rings (SSSR count). The van der Waals surface area contributed by atoms with Gasteiger partial charge in [0.2, 0.25) is 0 Å². The van der Waals surface area contributed by atoms with E-state index >= 15 is 0 Å². The van der Waals surface area contributed by atoms with Gasteiger partial charge in [0, 0.05) is 12.6 Å². The maximum Gasteiger partial charge on any atom is 0.328 e. The first-order valence-corrected chi connectivity index (χ1v) is 8.50. The predicted octanol–water partition coefficient (Wildman–Crippen LogP) is 1.66. The average molecular weight is 389 g/mol. The van der Waals surface area contributed by atoms with Crippen molar-refractivity contribution in [2.45, 2.75) is 18.5 Å². The highest BCUT2D eigenvalue weighted by Gasteiger charge is 2.57. The van der Waals surface area contributed by atoms with Gasteiger partial charge in [-0.2, -0.15) is 0 Å². The number of carbonyl (C=O) groups is 3. The molecule has 148 valence electrons. The third kappa shape index (κ3) is 2.86. The second-order valence-corrected chi connectivity index (χ2v) is 6.44. The van der Waals surface area contributed by atoms with Gasteiger partial charge in [0.1, 0.15) is 6.04 Å². The van der Waals surface area contributed by atoms with Gasteiger partial charge in [0.25, 0.3) is 5.91 Å². The van der Waals surface area contributed by atoms with Gasteiger partial charge in [-0.05, 0) is 18.1 Å². The summed E-state index contributed by atoms with van der Waals surface area (Å²) in [4.78, 5) is 50.9. The fourth-order valence-corrected chi connectivity index (χ4v) is 3.86. The van der Waals surface area contributed by atoms with Gasteiger partial charge >= 0.3 is 17.7 Å². The first kappa shape index (κ1) is 19.3. The molecule has 0 saturated carbocycles. The van der Waals surface area contributed by atoms with Crippen LogP contribution in [0.5, 0.6) is 5.75 Å². The Morgan fingerprint density at radius 3 is 2.68 bits per heavy atom. The third-order valence-electron chi connectivity index (χ3n) is 5.05. The molecule has 0 bridgehead atoms. The summed E-state index contributed by atoms with van der Waals surface area (Å²) < 4.78 is 9.85. The summed E-state index contributed by atoms with van der Waals surface area (Å²) in [5, 5.41) is 11.4. The number of benzene rings is 1. The Labute approximate surface area is 160 Å². The number of carbonyl (C=O) groups excluding carboxylic acids is 3. The van der Waals surface area contributed by atoms with E-state index in [0.717, 1.165) is 4.90 Å². The number of esters is 1. The molecule has 2 fully saturated rings. The quantitative estimate of drug-likeness (QED) is 0.239. The largest absolute Gasteiger partial charge is 0.490 e. The molecule has 0 aliphatic carbocycles. The number of nitro benzene ring substituents is 1. The Morgan fingerprint density at radius 2 is 2.11 bits per heavy atom. The molecule has 28 heavy (non-hydrogen) atoms. The van der Waals surface area contributed by atoms with Crippen molar-refractivity contribution < 1.29 is 28.8 Å². The van der Waals surface area contributed by atoms with Crippen molar-refractivity contribution in [3.8, 4) is 5.75 Å². The van der Waals surface area contributed by atoms with Crippen LogP contribution in [-0.2, 0) is 14.3 Å². The van der Waals surface area contributed by atoms with E-state index in [1.54, 1.807) is 6.07 Å². The minimum Gasteiger partial charge on any atom is -0.490 e. The number of imide groups is 1. The van der Waals surface area contributed by atoms with Crippen LogP contribution in [0.3, 0.4) is 0 Å². The Bertz CT molecular complexity index is 869. The van der Waals surface area contributed by atoms with Crippen molar-refractivity contribution in [3.63, 3.8) is 0 Å². The molecule has 3 amide bonds. The van der Waals surface area contributed by atoms with Gasteiger partial charge in [-0.25, -0.2) is 4.79 Å². The molecule has 0 N–H and O–H groups in total. The number of fused-ring (bicyclic) bond motifs is 1. The number of methoxy groups -OCH3 is 2. The molecule has 2 heterocycles. The number of hydrogen-bond donors (Lipinski definition) is 0. The zero-order chi connectivity index (χ0) is 20.6. The molecule has 2 aliphatic heterocycles. The summed E-state index contributed by atoms with van der Waals surface area (Å²) in [6.45, 7) is 3.59.